The molecule has 0 spiro atoms. The molecule has 4 heterocycles. The van der Waals surface area contributed by atoms with Gasteiger partial charge in [-0.1, -0.05) is 93.5 Å². The Morgan fingerprint density at radius 3 is 2.08 bits per heavy atom. The van der Waals surface area contributed by atoms with Crippen LogP contribution in [0.4, 0.5) is 0 Å². The van der Waals surface area contributed by atoms with E-state index >= 15 is 0 Å². The summed E-state index contributed by atoms with van der Waals surface area (Å²) >= 11 is 0. The molecule has 0 aromatic carbocycles. The summed E-state index contributed by atoms with van der Waals surface area (Å²) in [6, 6.07) is 0. The van der Waals surface area contributed by atoms with Crippen molar-refractivity contribution >= 4 is 6.34 Å². The summed E-state index contributed by atoms with van der Waals surface area (Å²) in [5.74, 6) is 0. The van der Waals surface area contributed by atoms with E-state index in [-0.39, 0.29) is 21.7 Å². The van der Waals surface area contributed by atoms with Crippen LogP contribution in [-0.4, -0.2) is 29.2 Å². The number of nitrogens with zero attached hydrogens (tertiary/aromatic N) is 3. The fourth-order valence-corrected chi connectivity index (χ4v) is 6.00. The molecule has 36 heavy (non-hydrogen) atoms. The normalized spacial score (nSPS) is 20.6. The lowest BCUT2D eigenvalue weighted by atomic mass is 9.65. The molecule has 0 aromatic rings. The Morgan fingerprint density at radius 1 is 0.750 bits per heavy atom. The van der Waals surface area contributed by atoms with E-state index in [9.17, 15) is 0 Å². The van der Waals surface area contributed by atoms with E-state index in [0.29, 0.717) is 0 Å². The minimum Gasteiger partial charge on any atom is -0.344 e. The molecule has 0 aliphatic carbocycles. The number of rotatable bonds is 5. The van der Waals surface area contributed by atoms with Crippen molar-refractivity contribution in [2.75, 3.05) is 13.1 Å². The van der Waals surface area contributed by atoms with E-state index < -0.39 is 0 Å². The quantitative estimate of drug-likeness (QED) is 0.388. The number of fused-ring (bicyclic) bond motifs is 2. The van der Waals surface area contributed by atoms with Crippen molar-refractivity contribution in [3.63, 3.8) is 0 Å². The summed E-state index contributed by atoms with van der Waals surface area (Å²) in [5, 5.41) is 0. The number of allylic oxidation sites excluding steroid dienone is 9. The molecular formula is C33H47N3. The van der Waals surface area contributed by atoms with Crippen LogP contribution >= 0.6 is 0 Å². The molecule has 0 unspecified atom stereocenters. The van der Waals surface area contributed by atoms with Gasteiger partial charge >= 0.3 is 0 Å². The fourth-order valence-electron chi connectivity index (χ4n) is 6.00. The second kappa shape index (κ2) is 9.08. The molecule has 3 heteroatoms. The van der Waals surface area contributed by atoms with Crippen LogP contribution in [0.25, 0.3) is 0 Å². The van der Waals surface area contributed by atoms with Crippen molar-refractivity contribution in [2.24, 2.45) is 26.7 Å². The molecule has 0 aromatic heterocycles. The van der Waals surface area contributed by atoms with Gasteiger partial charge in [-0.25, -0.2) is 4.99 Å². The van der Waals surface area contributed by atoms with E-state index in [1.807, 2.05) is 0 Å². The zero-order valence-electron chi connectivity index (χ0n) is 24.4. The van der Waals surface area contributed by atoms with Crippen molar-refractivity contribution < 1.29 is 0 Å². The van der Waals surface area contributed by atoms with Gasteiger partial charge in [-0.15, -0.1) is 0 Å². The Bertz CT molecular complexity index is 1140. The summed E-state index contributed by atoms with van der Waals surface area (Å²) in [4.78, 5) is 9.79. The second-order valence-electron chi connectivity index (χ2n) is 14.1. The highest BCUT2D eigenvalue weighted by Gasteiger charge is 2.40. The van der Waals surface area contributed by atoms with Crippen molar-refractivity contribution in [3.8, 4) is 0 Å². The highest BCUT2D eigenvalue weighted by molar-refractivity contribution is 5.68. The number of hydrogen-bond donors (Lipinski definition) is 0. The SMILES string of the molecule is CC(C)(C)C1=C2C=CC=CN2CC=C1C(C)(C)CCC(C)(C)C1=C(C(C)(C)C)C2=CC=CCN2C=N1. The maximum absolute atomic E-state index is 5.11. The average molecular weight is 486 g/mol. The first-order chi connectivity index (χ1) is 16.6. The van der Waals surface area contributed by atoms with Crippen molar-refractivity contribution in [3.05, 3.63) is 82.5 Å². The maximum atomic E-state index is 5.11. The van der Waals surface area contributed by atoms with E-state index in [4.69, 9.17) is 4.99 Å². The lowest BCUT2D eigenvalue weighted by Crippen LogP contribution is -2.36. The van der Waals surface area contributed by atoms with Crippen LogP contribution in [-0.2, 0) is 0 Å². The Kier molecular flexibility index (Phi) is 6.69. The molecule has 0 saturated heterocycles. The fraction of sp³-hybridized carbons (Fsp3) is 0.545. The Morgan fingerprint density at radius 2 is 1.42 bits per heavy atom. The molecule has 0 radical (unpaired) electrons. The molecule has 0 N–H and O–H groups in total. The van der Waals surface area contributed by atoms with Gasteiger partial charge in [0, 0.05) is 41.7 Å². The predicted octanol–water partition coefficient (Wildman–Crippen LogP) is 8.54. The van der Waals surface area contributed by atoms with Crippen LogP contribution < -0.4 is 0 Å². The lowest BCUT2D eigenvalue weighted by molar-refractivity contribution is 0.286. The van der Waals surface area contributed by atoms with E-state index in [2.05, 4.69) is 134 Å². The Labute approximate surface area is 220 Å². The van der Waals surface area contributed by atoms with Gasteiger partial charge in [-0.3, -0.25) is 0 Å². The highest BCUT2D eigenvalue weighted by Crippen LogP contribution is 2.51. The molecule has 194 valence electrons. The number of aliphatic imine (C=N–C) groups is 1. The molecule has 3 nitrogen and oxygen atoms in total. The Balaban J connectivity index is 1.66. The van der Waals surface area contributed by atoms with Crippen LogP contribution in [0.15, 0.2) is 87.5 Å². The largest absolute Gasteiger partial charge is 0.344 e. The first-order valence-corrected chi connectivity index (χ1v) is 13.6. The molecule has 0 bridgehead atoms. The van der Waals surface area contributed by atoms with Gasteiger partial charge in [0.15, 0.2) is 0 Å². The average Bonchev–Trinajstić information content (AvgIpc) is 2.80. The summed E-state index contributed by atoms with van der Waals surface area (Å²) in [6.07, 6.45) is 22.2. The van der Waals surface area contributed by atoms with Crippen LogP contribution in [0.2, 0.25) is 0 Å². The number of hydrogen-bond acceptors (Lipinski definition) is 3. The van der Waals surface area contributed by atoms with Crippen LogP contribution in [0.1, 0.15) is 82.1 Å². The third-order valence-corrected chi connectivity index (χ3v) is 8.02. The summed E-state index contributed by atoms with van der Waals surface area (Å²) < 4.78 is 0. The molecule has 4 aliphatic heterocycles. The molecule has 0 fully saturated rings. The minimum atomic E-state index is -0.0335. The zero-order valence-corrected chi connectivity index (χ0v) is 24.4. The molecule has 0 amide bonds. The second-order valence-corrected chi connectivity index (χ2v) is 14.1. The van der Waals surface area contributed by atoms with E-state index in [1.54, 1.807) is 0 Å². The molecule has 0 saturated carbocycles. The first-order valence-electron chi connectivity index (χ1n) is 13.6. The molecule has 4 aliphatic rings. The smallest absolute Gasteiger partial charge is 0.0956 e. The predicted molar refractivity (Wildman–Crippen MR) is 155 cm³/mol. The lowest BCUT2D eigenvalue weighted by Gasteiger charge is -2.44. The van der Waals surface area contributed by atoms with Crippen LogP contribution in [0.5, 0.6) is 0 Å². The first kappa shape index (κ1) is 26.5. The minimum absolute atomic E-state index is 0.0230. The molecule has 0 atom stereocenters. The van der Waals surface area contributed by atoms with Gasteiger partial charge in [0.25, 0.3) is 0 Å². The van der Waals surface area contributed by atoms with Crippen molar-refractivity contribution in [1.82, 2.24) is 9.80 Å². The molecular weight excluding hydrogens is 438 g/mol. The van der Waals surface area contributed by atoms with Gasteiger partial charge < -0.3 is 9.80 Å². The summed E-state index contributed by atoms with van der Waals surface area (Å²) in [6.45, 7) is 25.6. The topological polar surface area (TPSA) is 18.8 Å². The molecule has 4 rings (SSSR count). The van der Waals surface area contributed by atoms with Crippen LogP contribution in [0, 0.1) is 21.7 Å². The van der Waals surface area contributed by atoms with Gasteiger partial charge in [0.1, 0.15) is 0 Å². The summed E-state index contributed by atoms with van der Waals surface area (Å²) in [7, 11) is 0. The van der Waals surface area contributed by atoms with Crippen molar-refractivity contribution in [2.45, 2.75) is 82.1 Å². The third kappa shape index (κ3) is 4.99. The monoisotopic (exact) mass is 485 g/mol. The van der Waals surface area contributed by atoms with Crippen LogP contribution in [0.3, 0.4) is 0 Å². The van der Waals surface area contributed by atoms with Crippen molar-refractivity contribution in [1.29, 1.82) is 0 Å². The summed E-state index contributed by atoms with van der Waals surface area (Å²) in [5.41, 5.74) is 8.44. The van der Waals surface area contributed by atoms with Gasteiger partial charge in [-0.2, -0.15) is 0 Å². The van der Waals surface area contributed by atoms with Gasteiger partial charge in [0.2, 0.25) is 0 Å². The van der Waals surface area contributed by atoms with Gasteiger partial charge in [0.05, 0.1) is 12.0 Å². The zero-order chi connectivity index (χ0) is 26.5. The van der Waals surface area contributed by atoms with E-state index in [0.717, 1.165) is 25.9 Å². The van der Waals surface area contributed by atoms with E-state index in [1.165, 1.54) is 33.8 Å². The maximum Gasteiger partial charge on any atom is 0.0956 e. The third-order valence-electron chi connectivity index (χ3n) is 8.02. The highest BCUT2D eigenvalue weighted by atomic mass is 15.2. The Hall–Kier alpha value is -2.55. The van der Waals surface area contributed by atoms with Gasteiger partial charge in [-0.05, 0) is 58.5 Å². The standard InChI is InChI=1S/C33H47N3/c1-30(2,3)27-24(17-22-35-20-13-11-15-25(27)35)32(7,8)18-19-33(9,10)29-28(31(4,5)6)26-16-12-14-21-36(26)23-34-29/h11-17,20,23H,18-19,21-22H2,1-10H3.